The van der Waals surface area contributed by atoms with Gasteiger partial charge in [0.2, 0.25) is 11.8 Å². The van der Waals surface area contributed by atoms with Gasteiger partial charge in [-0.15, -0.1) is 11.3 Å². The van der Waals surface area contributed by atoms with Gasteiger partial charge >= 0.3 is 0 Å². The predicted molar refractivity (Wildman–Crippen MR) is 191 cm³/mol. The number of nitrogens with zero attached hydrogens (tertiary/aromatic N) is 5. The van der Waals surface area contributed by atoms with Crippen LogP contribution in [0.5, 0.6) is 17.2 Å². The number of hydrogen-bond acceptors (Lipinski definition) is 12. The number of benzene rings is 2. The molecule has 1 unspecified atom stereocenters. The van der Waals surface area contributed by atoms with Gasteiger partial charge in [-0.3, -0.25) is 19.7 Å². The molecule has 13 nitrogen and oxygen atoms in total. The van der Waals surface area contributed by atoms with Crippen LogP contribution in [0.15, 0.2) is 67.0 Å². The zero-order valence-electron chi connectivity index (χ0n) is 28.4. The second-order valence-electron chi connectivity index (χ2n) is 12.3. The maximum absolute atomic E-state index is 12.9. The van der Waals surface area contributed by atoms with Gasteiger partial charge in [-0.1, -0.05) is 0 Å². The first-order chi connectivity index (χ1) is 24.8. The summed E-state index contributed by atoms with van der Waals surface area (Å²) in [4.78, 5) is 54.2. The lowest BCUT2D eigenvalue weighted by molar-refractivity contribution is -0.136. The van der Waals surface area contributed by atoms with E-state index in [1.807, 2.05) is 73.9 Å². The number of pyridine rings is 2. The summed E-state index contributed by atoms with van der Waals surface area (Å²) >= 11 is 1.51. The van der Waals surface area contributed by atoms with Crippen molar-refractivity contribution in [2.24, 2.45) is 0 Å². The summed E-state index contributed by atoms with van der Waals surface area (Å²) in [6.07, 6.45) is 4.17. The summed E-state index contributed by atoms with van der Waals surface area (Å²) in [5.74, 6) is 1.87. The standard InChI is InChI=1S/C37H36N6O7S/c1-42(2)32-10-4-22(19-38-32)23-17-30(47-3)34(39-20-23)36-40-28-8-6-26(18-31(28)51-36)50-15-13-48-12-14-49-25-5-7-27-24(16-25)21-43(37(27)46)29-9-11-33(44)41-35(29)45/h4-8,10,16-20,29H,9,11-15,21H2,1-3H3,(H,41,44,45). The average Bonchev–Trinajstić information content (AvgIpc) is 3.71. The molecule has 0 aliphatic carbocycles. The summed E-state index contributed by atoms with van der Waals surface area (Å²) < 4.78 is 24.2. The van der Waals surface area contributed by atoms with Gasteiger partial charge in [-0.2, -0.15) is 0 Å². The maximum Gasteiger partial charge on any atom is 0.255 e. The van der Waals surface area contributed by atoms with Gasteiger partial charge < -0.3 is 28.7 Å². The SMILES string of the molecule is COc1cc(-c2ccc(N(C)C)nc2)cnc1-c1nc2ccc(OCCOCCOc3ccc4c(c3)CN(C3CCC(=O)NC3=O)C4=O)cc2s1. The van der Waals surface area contributed by atoms with E-state index in [9.17, 15) is 14.4 Å². The van der Waals surface area contributed by atoms with Crippen molar-refractivity contribution >= 4 is 45.1 Å². The number of piperidine rings is 1. The highest BCUT2D eigenvalue weighted by molar-refractivity contribution is 7.21. The fraction of sp³-hybridized carbons (Fsp3) is 0.297. The Morgan fingerprint density at radius 1 is 0.902 bits per heavy atom. The molecule has 1 atom stereocenters. The Bertz CT molecular complexity index is 2100. The van der Waals surface area contributed by atoms with Crippen molar-refractivity contribution in [2.45, 2.75) is 25.4 Å². The minimum Gasteiger partial charge on any atom is -0.494 e. The summed E-state index contributed by atoms with van der Waals surface area (Å²) in [5, 5.41) is 3.07. The number of fused-ring (bicyclic) bond motifs is 2. The highest BCUT2D eigenvalue weighted by atomic mass is 32.1. The normalized spacial score (nSPS) is 15.5. The number of nitrogens with one attached hydrogen (secondary N) is 1. The summed E-state index contributed by atoms with van der Waals surface area (Å²) in [7, 11) is 5.53. The van der Waals surface area contributed by atoms with Gasteiger partial charge in [0.1, 0.15) is 53.0 Å². The van der Waals surface area contributed by atoms with Gasteiger partial charge in [0, 0.05) is 56.1 Å². The molecule has 2 aliphatic heterocycles. The molecular weight excluding hydrogens is 673 g/mol. The highest BCUT2D eigenvalue weighted by Gasteiger charge is 2.39. The summed E-state index contributed by atoms with van der Waals surface area (Å²) in [6.45, 7) is 1.69. The van der Waals surface area contributed by atoms with Crippen LogP contribution in [0.3, 0.4) is 0 Å². The second-order valence-corrected chi connectivity index (χ2v) is 13.3. The van der Waals surface area contributed by atoms with Crippen molar-refractivity contribution in [3.05, 3.63) is 78.1 Å². The number of ether oxygens (including phenoxy) is 4. The molecule has 0 spiro atoms. The number of aromatic nitrogens is 3. The van der Waals surface area contributed by atoms with Crippen LogP contribution in [0, 0.1) is 0 Å². The first-order valence-corrected chi connectivity index (χ1v) is 17.3. The first kappa shape index (κ1) is 33.9. The largest absolute Gasteiger partial charge is 0.494 e. The summed E-state index contributed by atoms with van der Waals surface area (Å²) in [6, 6.07) is 16.3. The van der Waals surface area contributed by atoms with Crippen LogP contribution in [0.25, 0.3) is 32.0 Å². The topological polar surface area (TPSA) is 145 Å². The second kappa shape index (κ2) is 14.7. The molecule has 0 bridgehead atoms. The summed E-state index contributed by atoms with van der Waals surface area (Å²) in [5.41, 5.74) is 4.68. The first-order valence-electron chi connectivity index (χ1n) is 16.5. The van der Waals surface area contributed by atoms with Gasteiger partial charge in [-0.05, 0) is 66.6 Å². The number of rotatable bonds is 13. The van der Waals surface area contributed by atoms with E-state index in [2.05, 4.69) is 10.3 Å². The van der Waals surface area contributed by atoms with Crippen LogP contribution in [-0.2, 0) is 20.9 Å². The van der Waals surface area contributed by atoms with Crippen molar-refractivity contribution in [1.29, 1.82) is 0 Å². The number of amides is 3. The zero-order valence-corrected chi connectivity index (χ0v) is 29.2. The number of methoxy groups -OCH3 is 1. The monoisotopic (exact) mass is 708 g/mol. The Labute approximate surface area is 298 Å². The van der Waals surface area contributed by atoms with Gasteiger partial charge in [0.15, 0.2) is 0 Å². The lowest BCUT2D eigenvalue weighted by Crippen LogP contribution is -2.52. The number of hydrogen-bond donors (Lipinski definition) is 1. The van der Waals surface area contributed by atoms with Crippen LogP contribution in [0.4, 0.5) is 5.82 Å². The Hall–Kier alpha value is -5.60. The Kier molecular flexibility index (Phi) is 9.77. The molecule has 3 aromatic heterocycles. The molecule has 2 aromatic carbocycles. The maximum atomic E-state index is 12.9. The lowest BCUT2D eigenvalue weighted by atomic mass is 10.0. The minimum atomic E-state index is -0.648. The van der Waals surface area contributed by atoms with Crippen LogP contribution in [0.1, 0.15) is 28.8 Å². The molecule has 51 heavy (non-hydrogen) atoms. The van der Waals surface area contributed by atoms with E-state index in [1.165, 1.54) is 16.2 Å². The molecule has 1 N–H and O–H groups in total. The molecule has 0 radical (unpaired) electrons. The van der Waals surface area contributed by atoms with E-state index in [0.29, 0.717) is 67.9 Å². The molecule has 5 heterocycles. The number of carbonyl (C=O) groups is 3. The molecule has 262 valence electrons. The van der Waals surface area contributed by atoms with Crippen molar-refractivity contribution in [3.63, 3.8) is 0 Å². The van der Waals surface area contributed by atoms with E-state index in [0.717, 1.165) is 37.7 Å². The highest BCUT2D eigenvalue weighted by Crippen LogP contribution is 2.37. The third kappa shape index (κ3) is 7.32. The molecular formula is C37H36N6O7S. The van der Waals surface area contributed by atoms with Gasteiger partial charge in [0.25, 0.3) is 5.91 Å². The zero-order chi connectivity index (χ0) is 35.5. The Morgan fingerprint density at radius 2 is 1.67 bits per heavy atom. The van der Waals surface area contributed by atoms with Crippen LogP contribution >= 0.6 is 11.3 Å². The molecule has 14 heteroatoms. The average molecular weight is 709 g/mol. The van der Waals surface area contributed by atoms with Crippen molar-refractivity contribution in [1.82, 2.24) is 25.2 Å². The Balaban J connectivity index is 0.879. The van der Waals surface area contributed by atoms with Crippen molar-refractivity contribution in [2.75, 3.05) is 52.5 Å². The van der Waals surface area contributed by atoms with Crippen molar-refractivity contribution in [3.8, 4) is 39.1 Å². The molecule has 5 aromatic rings. The third-order valence-corrected chi connectivity index (χ3v) is 9.69. The van der Waals surface area contributed by atoms with Crippen molar-refractivity contribution < 1.29 is 33.3 Å². The van der Waals surface area contributed by atoms with Crippen LogP contribution in [0.2, 0.25) is 0 Å². The Morgan fingerprint density at radius 3 is 2.39 bits per heavy atom. The number of imide groups is 1. The quantitative estimate of drug-likeness (QED) is 0.134. The predicted octanol–water partition coefficient (Wildman–Crippen LogP) is 4.73. The molecule has 7 rings (SSSR count). The fourth-order valence-corrected chi connectivity index (χ4v) is 7.01. The van der Waals surface area contributed by atoms with E-state index in [4.69, 9.17) is 28.9 Å². The molecule has 0 saturated carbocycles. The molecule has 1 fully saturated rings. The smallest absolute Gasteiger partial charge is 0.255 e. The van der Waals surface area contributed by atoms with E-state index < -0.39 is 11.9 Å². The molecule has 1 saturated heterocycles. The number of carbonyl (C=O) groups excluding carboxylic acids is 3. The van der Waals surface area contributed by atoms with E-state index in [1.54, 1.807) is 19.2 Å². The number of thiazole rings is 1. The third-order valence-electron chi connectivity index (χ3n) is 8.66. The molecule has 2 aliphatic rings. The number of anilines is 1. The van der Waals surface area contributed by atoms with E-state index in [-0.39, 0.29) is 18.2 Å². The van der Waals surface area contributed by atoms with E-state index >= 15 is 0 Å². The minimum absolute atomic E-state index is 0.215. The lowest BCUT2D eigenvalue weighted by Gasteiger charge is -2.29. The molecule has 3 amide bonds. The fourth-order valence-electron chi connectivity index (χ4n) is 6.02. The van der Waals surface area contributed by atoms with Crippen LogP contribution in [-0.4, -0.2) is 91.2 Å². The van der Waals surface area contributed by atoms with Gasteiger partial charge in [0.05, 0.1) is 30.5 Å². The van der Waals surface area contributed by atoms with Crippen LogP contribution < -0.4 is 24.4 Å². The van der Waals surface area contributed by atoms with Gasteiger partial charge in [-0.25, -0.2) is 15.0 Å².